The first-order valence-corrected chi connectivity index (χ1v) is 6.01. The van der Waals surface area contributed by atoms with Crippen LogP contribution in [0.25, 0.3) is 0 Å². The first-order chi connectivity index (χ1) is 7.66. The molecule has 0 saturated carbocycles. The minimum absolute atomic E-state index is 0.109. The number of carbonyl (C=O) groups excluding carboxylic acids is 1. The molecule has 0 heterocycles. The minimum atomic E-state index is 0.109. The van der Waals surface area contributed by atoms with Crippen molar-refractivity contribution in [2.75, 3.05) is 19.6 Å². The fraction of sp³-hybridized carbons (Fsp3) is 0.833. The van der Waals surface area contributed by atoms with Crippen LogP contribution in [-0.4, -0.2) is 25.5 Å². The van der Waals surface area contributed by atoms with Crippen LogP contribution in [0.4, 0.5) is 0 Å². The number of nitrogens with one attached hydrogen (secondary N) is 2. The van der Waals surface area contributed by atoms with Gasteiger partial charge in [0.05, 0.1) is 6.07 Å². The average Bonchev–Trinajstić information content (AvgIpc) is 2.25. The Balaban J connectivity index is 3.19. The number of hydrogen-bond donors (Lipinski definition) is 2. The maximum absolute atomic E-state index is 11.3. The first kappa shape index (κ1) is 14.9. The highest BCUT2D eigenvalue weighted by Gasteiger charge is 2.01. The van der Waals surface area contributed by atoms with Crippen molar-refractivity contribution in [2.45, 2.75) is 39.5 Å². The molecule has 92 valence electrons. The third-order valence-corrected chi connectivity index (χ3v) is 2.13. The molecule has 0 aromatic carbocycles. The Morgan fingerprint density at radius 1 is 1.31 bits per heavy atom. The Bertz CT molecular complexity index is 221. The van der Waals surface area contributed by atoms with E-state index in [1.54, 1.807) is 0 Å². The summed E-state index contributed by atoms with van der Waals surface area (Å²) in [5.74, 6) is 0.612. The van der Waals surface area contributed by atoms with Gasteiger partial charge in [-0.1, -0.05) is 13.8 Å². The third kappa shape index (κ3) is 11.0. The molecule has 0 aliphatic heterocycles. The van der Waals surface area contributed by atoms with Gasteiger partial charge in [0, 0.05) is 25.9 Å². The highest BCUT2D eigenvalue weighted by molar-refractivity contribution is 5.76. The molecule has 0 aliphatic carbocycles. The van der Waals surface area contributed by atoms with Gasteiger partial charge in [0.1, 0.15) is 0 Å². The number of unbranched alkanes of at least 4 members (excludes halogenated alkanes) is 2. The van der Waals surface area contributed by atoms with Crippen molar-refractivity contribution < 1.29 is 4.79 Å². The molecule has 0 spiro atoms. The second-order valence-electron chi connectivity index (χ2n) is 4.31. The van der Waals surface area contributed by atoms with Gasteiger partial charge in [-0.2, -0.15) is 5.26 Å². The Morgan fingerprint density at radius 3 is 2.69 bits per heavy atom. The second-order valence-corrected chi connectivity index (χ2v) is 4.31. The average molecular weight is 225 g/mol. The van der Waals surface area contributed by atoms with E-state index >= 15 is 0 Å². The summed E-state index contributed by atoms with van der Waals surface area (Å²) in [5, 5.41) is 14.4. The molecule has 16 heavy (non-hydrogen) atoms. The molecule has 0 atom stereocenters. The van der Waals surface area contributed by atoms with Crippen molar-refractivity contribution in [3.63, 3.8) is 0 Å². The first-order valence-electron chi connectivity index (χ1n) is 6.01. The van der Waals surface area contributed by atoms with Gasteiger partial charge in [-0.15, -0.1) is 0 Å². The summed E-state index contributed by atoms with van der Waals surface area (Å²) < 4.78 is 0. The SMILES string of the molecule is CC(C)CNC(=O)CCNCCCCC#N. The molecule has 0 bridgehead atoms. The van der Waals surface area contributed by atoms with Crippen LogP contribution < -0.4 is 10.6 Å². The molecule has 0 saturated heterocycles. The van der Waals surface area contributed by atoms with Crippen LogP contribution >= 0.6 is 0 Å². The number of nitriles is 1. The molecule has 0 fully saturated rings. The number of amides is 1. The Hall–Kier alpha value is -1.08. The predicted octanol–water partition coefficient (Wildman–Crippen LogP) is 1.43. The van der Waals surface area contributed by atoms with Gasteiger partial charge in [0.25, 0.3) is 0 Å². The van der Waals surface area contributed by atoms with Crippen LogP contribution in [0.2, 0.25) is 0 Å². The van der Waals surface area contributed by atoms with E-state index in [-0.39, 0.29) is 5.91 Å². The van der Waals surface area contributed by atoms with Crippen LogP contribution in [0.3, 0.4) is 0 Å². The zero-order valence-corrected chi connectivity index (χ0v) is 10.4. The Morgan fingerprint density at radius 2 is 2.06 bits per heavy atom. The zero-order valence-electron chi connectivity index (χ0n) is 10.4. The number of carbonyl (C=O) groups is 1. The molecule has 0 aromatic heterocycles. The van der Waals surface area contributed by atoms with Crippen molar-refractivity contribution in [1.82, 2.24) is 10.6 Å². The van der Waals surface area contributed by atoms with Crippen LogP contribution in [0.5, 0.6) is 0 Å². The van der Waals surface area contributed by atoms with Gasteiger partial charge in [-0.3, -0.25) is 4.79 Å². The van der Waals surface area contributed by atoms with Crippen molar-refractivity contribution in [1.29, 1.82) is 5.26 Å². The maximum Gasteiger partial charge on any atom is 0.221 e. The molecular weight excluding hydrogens is 202 g/mol. The van der Waals surface area contributed by atoms with Crippen molar-refractivity contribution in [3.8, 4) is 6.07 Å². The quantitative estimate of drug-likeness (QED) is 0.583. The lowest BCUT2D eigenvalue weighted by Crippen LogP contribution is -2.30. The van der Waals surface area contributed by atoms with Gasteiger partial charge in [-0.05, 0) is 25.3 Å². The van der Waals surface area contributed by atoms with Crippen molar-refractivity contribution >= 4 is 5.91 Å². The van der Waals surface area contributed by atoms with Crippen molar-refractivity contribution in [2.24, 2.45) is 5.92 Å². The van der Waals surface area contributed by atoms with Crippen LogP contribution in [0.15, 0.2) is 0 Å². The van der Waals surface area contributed by atoms with Gasteiger partial charge in [0.15, 0.2) is 0 Å². The molecule has 0 aliphatic rings. The molecule has 2 N–H and O–H groups in total. The standard InChI is InChI=1S/C12H23N3O/c1-11(2)10-15-12(16)6-9-14-8-5-3-4-7-13/h11,14H,3-6,8-10H2,1-2H3,(H,15,16). The summed E-state index contributed by atoms with van der Waals surface area (Å²) in [4.78, 5) is 11.3. The third-order valence-electron chi connectivity index (χ3n) is 2.13. The predicted molar refractivity (Wildman–Crippen MR) is 64.8 cm³/mol. The largest absolute Gasteiger partial charge is 0.356 e. The molecule has 1 amide bonds. The van der Waals surface area contributed by atoms with E-state index in [1.807, 2.05) is 0 Å². The minimum Gasteiger partial charge on any atom is -0.356 e. The summed E-state index contributed by atoms with van der Waals surface area (Å²) >= 11 is 0. The van der Waals surface area contributed by atoms with Crippen molar-refractivity contribution in [3.05, 3.63) is 0 Å². The fourth-order valence-electron chi connectivity index (χ4n) is 1.19. The molecule has 0 rings (SSSR count). The van der Waals surface area contributed by atoms with E-state index in [4.69, 9.17) is 5.26 Å². The normalized spacial score (nSPS) is 10.1. The van der Waals surface area contributed by atoms with Crippen LogP contribution in [0, 0.1) is 17.2 Å². The summed E-state index contributed by atoms with van der Waals surface area (Å²) in [7, 11) is 0. The Labute approximate surface area is 98.4 Å². The zero-order chi connectivity index (χ0) is 12.2. The van der Waals surface area contributed by atoms with Crippen LogP contribution in [-0.2, 0) is 4.79 Å². The van der Waals surface area contributed by atoms with E-state index in [0.29, 0.717) is 18.8 Å². The number of hydrogen-bond acceptors (Lipinski definition) is 3. The summed E-state index contributed by atoms with van der Waals surface area (Å²) in [6.45, 7) is 6.51. The van der Waals surface area contributed by atoms with E-state index in [0.717, 1.165) is 32.5 Å². The Kier molecular flexibility index (Phi) is 9.73. The molecule has 4 heteroatoms. The van der Waals surface area contributed by atoms with Crippen LogP contribution in [0.1, 0.15) is 39.5 Å². The smallest absolute Gasteiger partial charge is 0.221 e. The summed E-state index contributed by atoms with van der Waals surface area (Å²) in [6, 6.07) is 2.11. The lowest BCUT2D eigenvalue weighted by atomic mass is 10.2. The highest BCUT2D eigenvalue weighted by atomic mass is 16.1. The molecule has 4 nitrogen and oxygen atoms in total. The van der Waals surface area contributed by atoms with E-state index in [1.165, 1.54) is 0 Å². The topological polar surface area (TPSA) is 64.9 Å². The molecule has 0 radical (unpaired) electrons. The van der Waals surface area contributed by atoms with Gasteiger partial charge in [-0.25, -0.2) is 0 Å². The van der Waals surface area contributed by atoms with E-state index in [9.17, 15) is 4.79 Å². The highest BCUT2D eigenvalue weighted by Crippen LogP contribution is 1.91. The number of rotatable bonds is 9. The van der Waals surface area contributed by atoms with E-state index < -0.39 is 0 Å². The summed E-state index contributed by atoms with van der Waals surface area (Å²) in [5.41, 5.74) is 0. The fourth-order valence-corrected chi connectivity index (χ4v) is 1.19. The lowest BCUT2D eigenvalue weighted by Gasteiger charge is -2.07. The second kappa shape index (κ2) is 10.4. The monoisotopic (exact) mass is 225 g/mol. The molecule has 0 unspecified atom stereocenters. The maximum atomic E-state index is 11.3. The van der Waals surface area contributed by atoms with Gasteiger partial charge in [0.2, 0.25) is 5.91 Å². The summed E-state index contributed by atoms with van der Waals surface area (Å²) in [6.07, 6.45) is 3.09. The van der Waals surface area contributed by atoms with Gasteiger partial charge < -0.3 is 10.6 Å². The number of nitrogens with zero attached hydrogens (tertiary/aromatic N) is 1. The molecule has 0 aromatic rings. The van der Waals surface area contributed by atoms with Gasteiger partial charge >= 0.3 is 0 Å². The molecular formula is C12H23N3O. The van der Waals surface area contributed by atoms with E-state index in [2.05, 4.69) is 30.6 Å². The lowest BCUT2D eigenvalue weighted by molar-refractivity contribution is -0.121.